The standard InChI is InChI=1S/C32H36FNO12/c1-13-31(43-3)44-8-7-34(13)18-9-21(45-14(2)26(18)37)46-19-11-32(42,20(36)12-35)10-16-23(19)30(41)25-24(28(16)39)27(38)15-5-4-6-17(33)22(15)29(25)40/h4-6,13-14,18-19,21,26,31,35,37,39,41-42H,7-12H2,1-3H3/t13-,14+,18+,19+,21+,26-,31+,32+/m1/s1. The number of ether oxygens (including phenoxy) is 4. The highest BCUT2D eigenvalue weighted by molar-refractivity contribution is 6.30. The molecule has 2 aromatic rings. The minimum absolute atomic E-state index is 0.0815. The van der Waals surface area contributed by atoms with Gasteiger partial charge in [-0.25, -0.2) is 4.39 Å². The van der Waals surface area contributed by atoms with E-state index in [0.717, 1.165) is 6.07 Å². The summed E-state index contributed by atoms with van der Waals surface area (Å²) in [7, 11) is 1.51. The third kappa shape index (κ3) is 5.04. The largest absolute Gasteiger partial charge is 0.507 e. The minimum atomic E-state index is -2.31. The number of hydrogen-bond acceptors (Lipinski definition) is 13. The lowest BCUT2D eigenvalue weighted by Gasteiger charge is -2.49. The maximum atomic E-state index is 14.8. The van der Waals surface area contributed by atoms with E-state index >= 15 is 0 Å². The Kier molecular flexibility index (Phi) is 8.53. The molecule has 4 aliphatic rings. The lowest BCUT2D eigenvalue weighted by Crippen LogP contribution is -2.62. The lowest BCUT2D eigenvalue weighted by molar-refractivity contribution is -0.273. The number of carbonyl (C=O) groups excluding carboxylic acids is 3. The molecule has 0 unspecified atom stereocenters. The normalized spacial score (nSPS) is 32.9. The fourth-order valence-corrected chi connectivity index (χ4v) is 7.35. The first kappa shape index (κ1) is 32.6. The van der Waals surface area contributed by atoms with Crippen LogP contribution in [0.5, 0.6) is 11.5 Å². The number of fused-ring (bicyclic) bond motifs is 3. The second-order valence-corrected chi connectivity index (χ2v) is 12.3. The predicted molar refractivity (Wildman–Crippen MR) is 154 cm³/mol. The molecule has 0 amide bonds. The first-order valence-corrected chi connectivity index (χ1v) is 15.1. The monoisotopic (exact) mass is 645 g/mol. The smallest absolute Gasteiger partial charge is 0.201 e. The number of Topliss-reactive ketones (excluding diaryl/α,β-unsaturated/α-hetero) is 1. The van der Waals surface area contributed by atoms with E-state index < -0.39 is 113 Å². The van der Waals surface area contributed by atoms with Gasteiger partial charge in [-0.1, -0.05) is 12.1 Å². The van der Waals surface area contributed by atoms with Crippen LogP contribution in [0.2, 0.25) is 0 Å². The second kappa shape index (κ2) is 12.0. The molecular weight excluding hydrogens is 609 g/mol. The summed E-state index contributed by atoms with van der Waals surface area (Å²) in [6.45, 7) is 3.28. The first-order chi connectivity index (χ1) is 21.8. The summed E-state index contributed by atoms with van der Waals surface area (Å²) in [5, 5.41) is 55.3. The van der Waals surface area contributed by atoms with Crippen LogP contribution in [-0.4, -0.2) is 117 Å². The fraction of sp³-hybridized carbons (Fsp3) is 0.531. The van der Waals surface area contributed by atoms with Crippen LogP contribution < -0.4 is 0 Å². The van der Waals surface area contributed by atoms with E-state index in [1.807, 2.05) is 11.8 Å². The molecule has 0 spiro atoms. The molecule has 46 heavy (non-hydrogen) atoms. The number of hydrogen-bond donors (Lipinski definition) is 5. The Hall–Kier alpha value is -3.34. The Morgan fingerprint density at radius 1 is 1.13 bits per heavy atom. The fourth-order valence-electron chi connectivity index (χ4n) is 7.35. The number of phenols is 2. The molecule has 2 aromatic carbocycles. The van der Waals surface area contributed by atoms with Gasteiger partial charge in [0.15, 0.2) is 24.1 Å². The summed E-state index contributed by atoms with van der Waals surface area (Å²) in [5.41, 5.74) is -4.86. The van der Waals surface area contributed by atoms with Crippen molar-refractivity contribution in [1.82, 2.24) is 4.90 Å². The second-order valence-electron chi connectivity index (χ2n) is 12.3. The van der Waals surface area contributed by atoms with Gasteiger partial charge in [0.1, 0.15) is 29.5 Å². The molecular formula is C32H36FNO12. The number of aliphatic hydroxyl groups excluding tert-OH is 2. The van der Waals surface area contributed by atoms with Crippen molar-refractivity contribution in [3.8, 4) is 11.5 Å². The number of aliphatic hydroxyl groups is 3. The van der Waals surface area contributed by atoms with Gasteiger partial charge >= 0.3 is 0 Å². The molecule has 2 aliphatic heterocycles. The van der Waals surface area contributed by atoms with Crippen molar-refractivity contribution in [2.45, 2.75) is 81.7 Å². The zero-order valence-corrected chi connectivity index (χ0v) is 25.4. The number of aromatic hydroxyl groups is 2. The summed E-state index contributed by atoms with van der Waals surface area (Å²) in [5.74, 6) is -5.52. The molecule has 6 rings (SSSR count). The van der Waals surface area contributed by atoms with Gasteiger partial charge in [0, 0.05) is 55.6 Å². The Labute approximate surface area is 263 Å². The number of ketones is 3. The van der Waals surface area contributed by atoms with E-state index in [4.69, 9.17) is 18.9 Å². The molecule has 0 bridgehead atoms. The highest BCUT2D eigenvalue weighted by Gasteiger charge is 2.51. The average Bonchev–Trinajstić information content (AvgIpc) is 3.02. The Morgan fingerprint density at radius 2 is 1.85 bits per heavy atom. The number of morpholine rings is 1. The Bertz CT molecular complexity index is 1600. The number of halogens is 1. The van der Waals surface area contributed by atoms with Crippen LogP contribution in [-0.2, 0) is 30.2 Å². The minimum Gasteiger partial charge on any atom is -0.507 e. The summed E-state index contributed by atoms with van der Waals surface area (Å²) in [6.07, 6.45) is -5.86. The molecule has 8 atom stereocenters. The van der Waals surface area contributed by atoms with E-state index in [1.165, 1.54) is 19.2 Å². The highest BCUT2D eigenvalue weighted by Crippen LogP contribution is 2.52. The zero-order valence-electron chi connectivity index (χ0n) is 25.4. The van der Waals surface area contributed by atoms with Gasteiger partial charge in [0.05, 0.1) is 47.7 Å². The Morgan fingerprint density at radius 3 is 2.54 bits per heavy atom. The summed E-state index contributed by atoms with van der Waals surface area (Å²) in [6, 6.07) is 2.66. The number of nitrogens with zero attached hydrogens (tertiary/aromatic N) is 1. The molecule has 0 saturated carbocycles. The van der Waals surface area contributed by atoms with E-state index in [2.05, 4.69) is 0 Å². The average molecular weight is 646 g/mol. The van der Waals surface area contributed by atoms with Crippen LogP contribution in [0, 0.1) is 5.82 Å². The van der Waals surface area contributed by atoms with E-state index in [-0.39, 0.29) is 29.2 Å². The number of methoxy groups -OCH3 is 1. The van der Waals surface area contributed by atoms with Crippen molar-refractivity contribution in [2.75, 3.05) is 26.9 Å². The number of phenolic OH excluding ortho intramolecular Hbond substituents is 2. The van der Waals surface area contributed by atoms with E-state index in [0.29, 0.717) is 13.2 Å². The molecule has 2 aliphatic carbocycles. The van der Waals surface area contributed by atoms with Crippen LogP contribution in [0.15, 0.2) is 18.2 Å². The van der Waals surface area contributed by atoms with Crippen molar-refractivity contribution in [3.05, 3.63) is 57.4 Å². The van der Waals surface area contributed by atoms with Crippen LogP contribution >= 0.6 is 0 Å². The zero-order chi connectivity index (χ0) is 33.2. The molecule has 2 heterocycles. The predicted octanol–water partition coefficient (Wildman–Crippen LogP) is 0.866. The van der Waals surface area contributed by atoms with Crippen molar-refractivity contribution in [3.63, 3.8) is 0 Å². The van der Waals surface area contributed by atoms with Crippen LogP contribution in [0.3, 0.4) is 0 Å². The van der Waals surface area contributed by atoms with Crippen molar-refractivity contribution < 1.29 is 63.3 Å². The quantitative estimate of drug-likeness (QED) is 0.238. The number of benzene rings is 2. The van der Waals surface area contributed by atoms with Gasteiger partial charge in [-0.05, 0) is 19.9 Å². The number of rotatable bonds is 6. The first-order valence-electron chi connectivity index (χ1n) is 15.1. The van der Waals surface area contributed by atoms with Crippen molar-refractivity contribution in [1.29, 1.82) is 0 Å². The maximum Gasteiger partial charge on any atom is 0.201 e. The topological polar surface area (TPSA) is 193 Å². The van der Waals surface area contributed by atoms with Gasteiger partial charge < -0.3 is 44.5 Å². The molecule has 0 aromatic heterocycles. The summed E-state index contributed by atoms with van der Waals surface area (Å²) < 4.78 is 38.2. The molecule has 2 saturated heterocycles. The van der Waals surface area contributed by atoms with Gasteiger partial charge in [0.25, 0.3) is 0 Å². The summed E-state index contributed by atoms with van der Waals surface area (Å²) in [4.78, 5) is 41.9. The van der Waals surface area contributed by atoms with Crippen LogP contribution in [0.1, 0.15) is 75.8 Å². The SMILES string of the molecule is CO[C@H]1OCCN([C@H]2C[C@H](O[C@H]3C[C@](O)(C(=O)CO)Cc4c(O)c5c(c(O)c43)C(=O)c3c(F)cccc3C5=O)O[C@@H](C)[C@H]2O)[C@@H]1C. The summed E-state index contributed by atoms with van der Waals surface area (Å²) >= 11 is 0. The molecule has 5 N–H and O–H groups in total. The maximum absolute atomic E-state index is 14.8. The Balaban J connectivity index is 1.42. The van der Waals surface area contributed by atoms with Crippen molar-refractivity contribution in [2.24, 2.45) is 0 Å². The third-order valence-electron chi connectivity index (χ3n) is 9.70. The molecule has 14 heteroatoms. The van der Waals surface area contributed by atoms with Crippen LogP contribution in [0.25, 0.3) is 0 Å². The molecule has 2 fully saturated rings. The van der Waals surface area contributed by atoms with Gasteiger partial charge in [-0.15, -0.1) is 0 Å². The van der Waals surface area contributed by atoms with Crippen molar-refractivity contribution >= 4 is 17.3 Å². The van der Waals surface area contributed by atoms with Crippen LogP contribution in [0.4, 0.5) is 4.39 Å². The van der Waals surface area contributed by atoms with Gasteiger partial charge in [-0.3, -0.25) is 19.3 Å². The molecule has 248 valence electrons. The lowest BCUT2D eigenvalue weighted by atomic mass is 9.72. The van der Waals surface area contributed by atoms with Gasteiger partial charge in [-0.2, -0.15) is 0 Å². The molecule has 13 nitrogen and oxygen atoms in total. The van der Waals surface area contributed by atoms with Gasteiger partial charge in [0.2, 0.25) is 5.78 Å². The highest BCUT2D eigenvalue weighted by atomic mass is 19.1. The van der Waals surface area contributed by atoms with E-state index in [1.54, 1.807) is 6.92 Å². The molecule has 0 radical (unpaired) electrons. The third-order valence-corrected chi connectivity index (χ3v) is 9.70. The van der Waals surface area contributed by atoms with E-state index in [9.17, 15) is 44.3 Å². The number of carbonyl (C=O) groups is 3.